The Bertz CT molecular complexity index is 1240. The molecule has 5 rings (SSSR count). The first kappa shape index (κ1) is 15.8. The van der Waals surface area contributed by atoms with Gasteiger partial charge in [0.05, 0.1) is 5.69 Å². The standard InChI is InChI=1S/C21H14F2N4/c1-12-16-3-2-4-18(23)20(16)26-19(24-12)8-6-15-11-27-10-13-9-14(22)5-7-17(13)21(27)25-15/h2-9,11H,10H2,1H3. The van der Waals surface area contributed by atoms with E-state index in [4.69, 9.17) is 0 Å². The molecule has 0 N–H and O–H groups in total. The van der Waals surface area contributed by atoms with Crippen molar-refractivity contribution in [3.8, 4) is 11.4 Å². The lowest BCUT2D eigenvalue weighted by atomic mass is 10.1. The summed E-state index contributed by atoms with van der Waals surface area (Å²) in [7, 11) is 0. The van der Waals surface area contributed by atoms with Gasteiger partial charge >= 0.3 is 0 Å². The molecule has 0 saturated carbocycles. The van der Waals surface area contributed by atoms with Gasteiger partial charge in [-0.25, -0.2) is 23.7 Å². The lowest BCUT2D eigenvalue weighted by Crippen LogP contribution is -1.95. The molecule has 4 nitrogen and oxygen atoms in total. The Hall–Kier alpha value is -3.41. The van der Waals surface area contributed by atoms with Crippen molar-refractivity contribution in [2.45, 2.75) is 13.5 Å². The van der Waals surface area contributed by atoms with Gasteiger partial charge in [-0.3, -0.25) is 0 Å². The fourth-order valence-electron chi connectivity index (χ4n) is 3.47. The lowest BCUT2D eigenvalue weighted by molar-refractivity contribution is 0.625. The van der Waals surface area contributed by atoms with Gasteiger partial charge < -0.3 is 4.57 Å². The molecule has 6 heteroatoms. The summed E-state index contributed by atoms with van der Waals surface area (Å²) in [4.78, 5) is 13.3. The largest absolute Gasteiger partial charge is 0.326 e. The number of para-hydroxylation sites is 1. The van der Waals surface area contributed by atoms with Gasteiger partial charge in [0.2, 0.25) is 0 Å². The number of halogens is 2. The summed E-state index contributed by atoms with van der Waals surface area (Å²) >= 11 is 0. The molecule has 1 aliphatic heterocycles. The topological polar surface area (TPSA) is 43.6 Å². The maximum atomic E-state index is 14.0. The van der Waals surface area contributed by atoms with Gasteiger partial charge in [-0.05, 0) is 48.9 Å². The van der Waals surface area contributed by atoms with E-state index in [1.807, 2.05) is 23.8 Å². The Balaban J connectivity index is 1.50. The van der Waals surface area contributed by atoms with E-state index < -0.39 is 0 Å². The molecule has 0 atom stereocenters. The van der Waals surface area contributed by atoms with Crippen LogP contribution in [0.5, 0.6) is 0 Å². The number of fused-ring (bicyclic) bond motifs is 4. The smallest absolute Gasteiger partial charge is 0.153 e. The second kappa shape index (κ2) is 5.81. The Morgan fingerprint density at radius 3 is 2.81 bits per heavy atom. The van der Waals surface area contributed by atoms with Crippen LogP contribution < -0.4 is 0 Å². The highest BCUT2D eigenvalue weighted by atomic mass is 19.1. The minimum absolute atomic E-state index is 0.240. The SMILES string of the molecule is Cc1nc(C=Cc2cn3c(n2)-c2ccc(F)cc2C3)nc2c(F)cccc12. The van der Waals surface area contributed by atoms with Crippen LogP contribution in [0.15, 0.2) is 42.6 Å². The second-order valence-electron chi connectivity index (χ2n) is 6.56. The van der Waals surface area contributed by atoms with Crippen LogP contribution in [0.4, 0.5) is 8.78 Å². The Morgan fingerprint density at radius 1 is 1.04 bits per heavy atom. The summed E-state index contributed by atoms with van der Waals surface area (Å²) in [6.45, 7) is 2.43. The Morgan fingerprint density at radius 2 is 1.93 bits per heavy atom. The zero-order chi connectivity index (χ0) is 18.5. The number of nitrogens with zero attached hydrogens (tertiary/aromatic N) is 4. The molecular formula is C21H14F2N4. The van der Waals surface area contributed by atoms with Crippen LogP contribution in [0.2, 0.25) is 0 Å². The van der Waals surface area contributed by atoms with E-state index in [-0.39, 0.29) is 11.6 Å². The van der Waals surface area contributed by atoms with Crippen molar-refractivity contribution in [2.24, 2.45) is 0 Å². The summed E-state index contributed by atoms with van der Waals surface area (Å²) in [6, 6.07) is 9.59. The molecule has 4 aromatic rings. The van der Waals surface area contributed by atoms with Crippen molar-refractivity contribution in [3.05, 3.63) is 77.0 Å². The molecule has 27 heavy (non-hydrogen) atoms. The highest BCUT2D eigenvalue weighted by molar-refractivity contribution is 5.82. The fraction of sp³-hybridized carbons (Fsp3) is 0.0952. The van der Waals surface area contributed by atoms with Crippen molar-refractivity contribution in [3.63, 3.8) is 0 Å². The van der Waals surface area contributed by atoms with Gasteiger partial charge in [0.15, 0.2) is 5.82 Å². The zero-order valence-electron chi connectivity index (χ0n) is 14.4. The first-order valence-corrected chi connectivity index (χ1v) is 8.55. The molecule has 0 fully saturated rings. The molecular weight excluding hydrogens is 346 g/mol. The van der Waals surface area contributed by atoms with Gasteiger partial charge in [-0.1, -0.05) is 12.1 Å². The molecule has 0 saturated heterocycles. The summed E-state index contributed by atoms with van der Waals surface area (Å²) in [5.41, 5.74) is 3.65. The third-order valence-corrected chi connectivity index (χ3v) is 4.73. The van der Waals surface area contributed by atoms with Crippen LogP contribution in [-0.4, -0.2) is 19.5 Å². The van der Waals surface area contributed by atoms with Crippen molar-refractivity contribution in [1.82, 2.24) is 19.5 Å². The molecule has 0 radical (unpaired) electrons. The van der Waals surface area contributed by atoms with E-state index in [0.29, 0.717) is 23.3 Å². The Labute approximate surface area is 153 Å². The van der Waals surface area contributed by atoms with Crippen LogP contribution in [0.3, 0.4) is 0 Å². The van der Waals surface area contributed by atoms with Gasteiger partial charge in [0, 0.05) is 29.4 Å². The van der Waals surface area contributed by atoms with Crippen molar-refractivity contribution in [2.75, 3.05) is 0 Å². The normalized spacial score (nSPS) is 12.7. The van der Waals surface area contributed by atoms with E-state index in [1.54, 1.807) is 30.4 Å². The molecule has 3 heterocycles. The monoisotopic (exact) mass is 360 g/mol. The van der Waals surface area contributed by atoms with E-state index in [9.17, 15) is 8.78 Å². The van der Waals surface area contributed by atoms with Crippen molar-refractivity contribution >= 4 is 23.1 Å². The molecule has 132 valence electrons. The number of benzene rings is 2. The maximum absolute atomic E-state index is 14.0. The quantitative estimate of drug-likeness (QED) is 0.462. The van der Waals surface area contributed by atoms with Gasteiger partial charge in [0.25, 0.3) is 0 Å². The third-order valence-electron chi connectivity index (χ3n) is 4.73. The van der Waals surface area contributed by atoms with Crippen LogP contribution in [-0.2, 0) is 6.54 Å². The number of hydrogen-bond donors (Lipinski definition) is 0. The summed E-state index contributed by atoms with van der Waals surface area (Å²) in [5.74, 6) is 0.639. The number of rotatable bonds is 2. The van der Waals surface area contributed by atoms with Crippen LogP contribution in [0.25, 0.3) is 34.4 Å². The number of aromatic nitrogens is 4. The van der Waals surface area contributed by atoms with Gasteiger partial charge in [-0.15, -0.1) is 0 Å². The minimum Gasteiger partial charge on any atom is -0.326 e. The fourth-order valence-corrected chi connectivity index (χ4v) is 3.47. The van der Waals surface area contributed by atoms with Gasteiger partial charge in [0.1, 0.15) is 23.0 Å². The molecule has 0 unspecified atom stereocenters. The van der Waals surface area contributed by atoms with Crippen LogP contribution in [0, 0.1) is 18.6 Å². The third kappa shape index (κ3) is 2.61. The minimum atomic E-state index is -0.363. The van der Waals surface area contributed by atoms with Crippen molar-refractivity contribution < 1.29 is 8.78 Å². The first-order chi connectivity index (χ1) is 13.1. The average Bonchev–Trinajstić information content (AvgIpc) is 3.17. The highest BCUT2D eigenvalue weighted by Crippen LogP contribution is 2.32. The van der Waals surface area contributed by atoms with Crippen LogP contribution in [0.1, 0.15) is 22.8 Å². The molecule has 2 aromatic carbocycles. The summed E-state index contributed by atoms with van der Waals surface area (Å²) in [5, 5.41) is 0.706. The van der Waals surface area contributed by atoms with Crippen molar-refractivity contribution in [1.29, 1.82) is 0 Å². The van der Waals surface area contributed by atoms with E-state index >= 15 is 0 Å². The predicted octanol–water partition coefficient (Wildman–Crippen LogP) is 4.61. The van der Waals surface area contributed by atoms with E-state index in [2.05, 4.69) is 15.0 Å². The summed E-state index contributed by atoms with van der Waals surface area (Å²) in [6.07, 6.45) is 5.43. The van der Waals surface area contributed by atoms with Crippen LogP contribution >= 0.6 is 0 Å². The Kier molecular flexibility index (Phi) is 3.40. The number of hydrogen-bond acceptors (Lipinski definition) is 3. The summed E-state index contributed by atoms with van der Waals surface area (Å²) < 4.78 is 29.4. The highest BCUT2D eigenvalue weighted by Gasteiger charge is 2.20. The van der Waals surface area contributed by atoms with Gasteiger partial charge in [-0.2, -0.15) is 0 Å². The molecule has 0 bridgehead atoms. The van der Waals surface area contributed by atoms with E-state index in [1.165, 1.54) is 12.1 Å². The number of aryl methyl sites for hydroxylation is 1. The second-order valence-corrected chi connectivity index (χ2v) is 6.56. The molecule has 0 aliphatic carbocycles. The molecule has 0 amide bonds. The van der Waals surface area contributed by atoms with E-state index in [0.717, 1.165) is 28.3 Å². The molecule has 2 aromatic heterocycles. The molecule has 1 aliphatic rings. The number of imidazole rings is 1. The average molecular weight is 360 g/mol. The maximum Gasteiger partial charge on any atom is 0.153 e. The molecule has 0 spiro atoms. The zero-order valence-corrected chi connectivity index (χ0v) is 14.4. The first-order valence-electron chi connectivity index (χ1n) is 8.55. The predicted molar refractivity (Wildman–Crippen MR) is 99.9 cm³/mol. The lowest BCUT2D eigenvalue weighted by Gasteiger charge is -2.03.